The second kappa shape index (κ2) is 7.93. The van der Waals surface area contributed by atoms with Crippen LogP contribution in [0.1, 0.15) is 36.7 Å². The van der Waals surface area contributed by atoms with E-state index in [9.17, 15) is 19.8 Å². The second-order valence-corrected chi connectivity index (χ2v) is 6.44. The van der Waals surface area contributed by atoms with Gasteiger partial charge >= 0.3 is 5.97 Å². The molecule has 1 aromatic rings. The van der Waals surface area contributed by atoms with E-state index in [2.05, 4.69) is 0 Å². The molecule has 7 heteroatoms. The van der Waals surface area contributed by atoms with Gasteiger partial charge in [0.2, 0.25) is 0 Å². The summed E-state index contributed by atoms with van der Waals surface area (Å²) in [6, 6.07) is 0.958. The number of carbonyl (C=O) groups is 2. The molecule has 0 radical (unpaired) electrons. The number of ketones is 1. The van der Waals surface area contributed by atoms with Crippen LogP contribution in [-0.4, -0.2) is 40.3 Å². The lowest BCUT2D eigenvalue weighted by atomic mass is 10.00. The van der Waals surface area contributed by atoms with Crippen LogP contribution in [0.2, 0.25) is 5.02 Å². The monoisotopic (exact) mass is 380 g/mol. The normalized spacial score (nSPS) is 27.8. The van der Waals surface area contributed by atoms with Gasteiger partial charge in [-0.2, -0.15) is 0 Å². The molecule has 2 N–H and O–H groups in total. The predicted molar refractivity (Wildman–Crippen MR) is 96.7 cm³/mol. The molecule has 0 unspecified atom stereocenters. The number of ether oxygens (including phenoxy) is 2. The molecule has 0 saturated carbocycles. The summed E-state index contributed by atoms with van der Waals surface area (Å²) in [6.07, 6.45) is 6.13. The summed E-state index contributed by atoms with van der Waals surface area (Å²) >= 11 is 6.05. The van der Waals surface area contributed by atoms with Crippen molar-refractivity contribution in [1.82, 2.24) is 0 Å². The van der Waals surface area contributed by atoms with E-state index in [0.717, 1.165) is 6.07 Å². The van der Waals surface area contributed by atoms with Crippen LogP contribution in [0.25, 0.3) is 0 Å². The molecule has 1 fully saturated rings. The Labute approximate surface area is 156 Å². The van der Waals surface area contributed by atoms with E-state index < -0.39 is 23.6 Å². The number of epoxide rings is 1. The Bertz CT molecular complexity index is 783. The molecule has 3 rings (SSSR count). The number of hydrogen-bond acceptors (Lipinski definition) is 6. The average molecular weight is 381 g/mol. The first-order chi connectivity index (χ1) is 11.9. The predicted octanol–water partition coefficient (Wildman–Crippen LogP) is 3.33. The van der Waals surface area contributed by atoms with Crippen molar-refractivity contribution in [3.05, 3.63) is 46.5 Å². The molecule has 140 valence electrons. The van der Waals surface area contributed by atoms with E-state index in [1.54, 1.807) is 19.1 Å². The molecule has 26 heavy (non-hydrogen) atoms. The lowest BCUT2D eigenvalue weighted by molar-refractivity contribution is -0.114. The van der Waals surface area contributed by atoms with Crippen LogP contribution in [0.5, 0.6) is 11.5 Å². The lowest BCUT2D eigenvalue weighted by Crippen LogP contribution is -2.19. The zero-order valence-electron chi connectivity index (χ0n) is 13.4. The highest BCUT2D eigenvalue weighted by atomic mass is 35.5. The fourth-order valence-corrected chi connectivity index (χ4v) is 3.00. The summed E-state index contributed by atoms with van der Waals surface area (Å²) in [4.78, 5) is 24.6. The molecule has 2 aliphatic rings. The van der Waals surface area contributed by atoms with Gasteiger partial charge < -0.3 is 19.7 Å². The quantitative estimate of drug-likeness (QED) is 0.529. The molecular weight excluding hydrogens is 360 g/mol. The number of hydrogen-bond donors (Lipinski definition) is 2. The molecule has 1 aromatic carbocycles. The van der Waals surface area contributed by atoms with Gasteiger partial charge in [-0.1, -0.05) is 37.3 Å². The minimum Gasteiger partial charge on any atom is -0.507 e. The molecule has 1 saturated heterocycles. The molecule has 0 aromatic heterocycles. The van der Waals surface area contributed by atoms with Gasteiger partial charge in [0.15, 0.2) is 5.78 Å². The summed E-state index contributed by atoms with van der Waals surface area (Å²) in [7, 11) is 0. The van der Waals surface area contributed by atoms with Crippen LogP contribution < -0.4 is 0 Å². The third kappa shape index (κ3) is 4.26. The van der Waals surface area contributed by atoms with E-state index in [1.165, 1.54) is 6.08 Å². The Hall–Kier alpha value is -2.31. The maximum atomic E-state index is 12.5. The number of phenols is 2. The number of esters is 1. The van der Waals surface area contributed by atoms with E-state index in [4.69, 9.17) is 21.1 Å². The maximum Gasteiger partial charge on any atom is 0.342 e. The van der Waals surface area contributed by atoms with Crippen molar-refractivity contribution in [3.8, 4) is 11.5 Å². The number of halogens is 1. The summed E-state index contributed by atoms with van der Waals surface area (Å²) in [5.74, 6) is -2.04. The van der Waals surface area contributed by atoms with Gasteiger partial charge in [-0.15, -0.1) is 0 Å². The highest BCUT2D eigenvalue weighted by Gasteiger charge is 2.38. The number of rotatable bonds is 0. The van der Waals surface area contributed by atoms with E-state index in [1.807, 2.05) is 6.08 Å². The molecule has 2 heterocycles. The largest absolute Gasteiger partial charge is 0.507 e. The van der Waals surface area contributed by atoms with Crippen LogP contribution in [0.4, 0.5) is 0 Å². The van der Waals surface area contributed by atoms with E-state index in [0.29, 0.717) is 6.42 Å². The van der Waals surface area contributed by atoms with Crippen LogP contribution in [0.3, 0.4) is 0 Å². The van der Waals surface area contributed by atoms with Crippen molar-refractivity contribution >= 4 is 23.4 Å². The Kier molecular flexibility index (Phi) is 6.10. The third-order valence-corrected chi connectivity index (χ3v) is 4.49. The summed E-state index contributed by atoms with van der Waals surface area (Å²) in [6.45, 7) is 1.72. The number of phenolic OH excluding ortho intramolecular Hbond substituents is 2. The molecular formula is C19H21ClO6. The highest BCUT2D eigenvalue weighted by molar-refractivity contribution is 6.33. The van der Waals surface area contributed by atoms with Crippen molar-refractivity contribution in [1.29, 1.82) is 0 Å². The van der Waals surface area contributed by atoms with Crippen molar-refractivity contribution in [2.24, 2.45) is 0 Å². The topological polar surface area (TPSA) is 96.4 Å². The van der Waals surface area contributed by atoms with Gasteiger partial charge in [0.05, 0.1) is 11.1 Å². The maximum absolute atomic E-state index is 12.5. The van der Waals surface area contributed by atoms with Gasteiger partial charge in [-0.25, -0.2) is 4.79 Å². The van der Waals surface area contributed by atoms with Crippen LogP contribution in [0.15, 0.2) is 30.4 Å². The van der Waals surface area contributed by atoms with E-state index in [-0.39, 0.29) is 48.0 Å². The van der Waals surface area contributed by atoms with Crippen molar-refractivity contribution < 1.29 is 29.3 Å². The summed E-state index contributed by atoms with van der Waals surface area (Å²) in [5.41, 5.74) is -0.176. The van der Waals surface area contributed by atoms with Crippen molar-refractivity contribution in [2.45, 2.75) is 45.5 Å². The fraction of sp³-hybridized carbons (Fsp3) is 0.368. The minimum absolute atomic E-state index is 0. The van der Waals surface area contributed by atoms with Crippen LogP contribution in [-0.2, 0) is 20.7 Å². The SMILES string of the molecule is C.C[C@@H]1C[C@H]2O[C@@H]2/C=C\C=C\C(=O)Cc2c(Cl)c(O)cc(O)c2C(=O)O1. The number of aromatic hydroxyl groups is 2. The van der Waals surface area contributed by atoms with Gasteiger partial charge in [0.1, 0.15) is 29.3 Å². The van der Waals surface area contributed by atoms with Crippen LogP contribution >= 0.6 is 11.6 Å². The highest BCUT2D eigenvalue weighted by Crippen LogP contribution is 2.37. The van der Waals surface area contributed by atoms with Gasteiger partial charge in [-0.3, -0.25) is 4.79 Å². The molecule has 0 bridgehead atoms. The standard InChI is InChI=1S/C18H17ClO6.CH4/c1-9-6-15-14(25-15)5-3-2-4-10(20)7-11-16(18(23)24-9)12(21)8-13(22)17(11)19;/h2-5,8-9,14-15,21-22H,6-7H2,1H3;1H4/b4-2+,5-3-;/t9-,14-,15-;/m1./s1. The van der Waals surface area contributed by atoms with Crippen LogP contribution in [0, 0.1) is 0 Å². The first kappa shape index (κ1) is 20.0. The molecule has 2 aliphatic heterocycles. The smallest absolute Gasteiger partial charge is 0.342 e. The number of allylic oxidation sites excluding steroid dienone is 3. The van der Waals surface area contributed by atoms with Crippen molar-refractivity contribution in [3.63, 3.8) is 0 Å². The lowest BCUT2D eigenvalue weighted by Gasteiger charge is -2.16. The molecule has 6 nitrogen and oxygen atoms in total. The fourth-order valence-electron chi connectivity index (χ4n) is 2.78. The first-order valence-corrected chi connectivity index (χ1v) is 8.22. The van der Waals surface area contributed by atoms with E-state index >= 15 is 0 Å². The third-order valence-electron chi connectivity index (χ3n) is 4.06. The van der Waals surface area contributed by atoms with Gasteiger partial charge in [0, 0.05) is 24.5 Å². The van der Waals surface area contributed by atoms with Gasteiger partial charge in [0.25, 0.3) is 0 Å². The second-order valence-electron chi connectivity index (χ2n) is 6.06. The molecule has 0 amide bonds. The minimum atomic E-state index is -0.802. The Balaban J connectivity index is 0.00000243. The summed E-state index contributed by atoms with van der Waals surface area (Å²) < 4.78 is 10.8. The summed E-state index contributed by atoms with van der Waals surface area (Å²) in [5, 5.41) is 19.7. The number of carbonyl (C=O) groups excluding carboxylic acids is 2. The molecule has 0 spiro atoms. The zero-order valence-corrected chi connectivity index (χ0v) is 14.2. The average Bonchev–Trinajstić information content (AvgIpc) is 3.25. The molecule has 0 aliphatic carbocycles. The Morgan fingerprint density at radius 2 is 1.92 bits per heavy atom. The van der Waals surface area contributed by atoms with Crippen molar-refractivity contribution in [2.75, 3.05) is 0 Å². The number of benzene rings is 1. The zero-order chi connectivity index (χ0) is 18.1. The number of fused-ring (bicyclic) bond motifs is 2. The Morgan fingerprint density at radius 1 is 1.19 bits per heavy atom. The number of cyclic esters (lactones) is 1. The Morgan fingerprint density at radius 3 is 2.65 bits per heavy atom. The van der Waals surface area contributed by atoms with Gasteiger partial charge in [-0.05, 0) is 13.0 Å². The molecule has 3 atom stereocenters. The first-order valence-electron chi connectivity index (χ1n) is 7.84.